The van der Waals surface area contributed by atoms with Crippen LogP contribution in [0.15, 0.2) is 57.9 Å². The molecule has 0 aliphatic carbocycles. The number of amides is 1. The number of aromatic nitrogens is 2. The number of carbonyl (C=O) groups is 1. The van der Waals surface area contributed by atoms with Crippen LogP contribution < -0.4 is 5.32 Å². The van der Waals surface area contributed by atoms with Crippen molar-refractivity contribution in [1.29, 1.82) is 0 Å². The Morgan fingerprint density at radius 1 is 1.14 bits per heavy atom. The first-order valence-corrected chi connectivity index (χ1v) is 10.4. The SMILES string of the molecule is Cc1nc(-c2ccccc2NC(=O)c2cccc(S(=O)(=O)N(C)C(C)C)c2)no1. The number of sulfonamides is 1. The number of anilines is 1. The van der Waals surface area contributed by atoms with Crippen molar-refractivity contribution in [3.05, 3.63) is 60.0 Å². The van der Waals surface area contributed by atoms with Crippen molar-refractivity contribution in [1.82, 2.24) is 14.4 Å². The van der Waals surface area contributed by atoms with Crippen LogP contribution in [0.2, 0.25) is 0 Å². The zero-order valence-corrected chi connectivity index (χ0v) is 17.4. The number of hydrogen-bond acceptors (Lipinski definition) is 6. The minimum Gasteiger partial charge on any atom is -0.339 e. The van der Waals surface area contributed by atoms with E-state index in [1.165, 1.54) is 23.5 Å². The molecule has 0 aliphatic rings. The van der Waals surface area contributed by atoms with E-state index in [4.69, 9.17) is 4.52 Å². The van der Waals surface area contributed by atoms with Crippen molar-refractivity contribution in [2.24, 2.45) is 0 Å². The molecule has 0 saturated carbocycles. The summed E-state index contributed by atoms with van der Waals surface area (Å²) in [7, 11) is -2.18. The topological polar surface area (TPSA) is 105 Å². The summed E-state index contributed by atoms with van der Waals surface area (Å²) in [5, 5.41) is 6.68. The molecule has 0 radical (unpaired) electrons. The quantitative estimate of drug-likeness (QED) is 0.663. The molecular weight excluding hydrogens is 392 g/mol. The van der Waals surface area contributed by atoms with Crippen LogP contribution in [0.25, 0.3) is 11.4 Å². The lowest BCUT2D eigenvalue weighted by atomic mass is 10.1. The third-order valence-electron chi connectivity index (χ3n) is 4.44. The predicted octanol–water partition coefficient (Wildman–Crippen LogP) is 3.33. The fourth-order valence-corrected chi connectivity index (χ4v) is 4.05. The predicted molar refractivity (Wildman–Crippen MR) is 109 cm³/mol. The standard InChI is InChI=1S/C20H22N4O4S/c1-13(2)24(4)29(26,27)16-9-7-8-15(12-16)20(25)22-18-11-6-5-10-17(18)19-21-14(3)28-23-19/h5-13H,1-4H3,(H,22,25). The molecule has 0 fully saturated rings. The first-order chi connectivity index (χ1) is 13.7. The fourth-order valence-electron chi connectivity index (χ4n) is 2.63. The van der Waals surface area contributed by atoms with Crippen molar-refractivity contribution in [2.75, 3.05) is 12.4 Å². The minimum atomic E-state index is -3.69. The maximum Gasteiger partial charge on any atom is 0.255 e. The molecule has 152 valence electrons. The summed E-state index contributed by atoms with van der Waals surface area (Å²) in [6.45, 7) is 5.24. The van der Waals surface area contributed by atoms with E-state index in [0.29, 0.717) is 23.0 Å². The average Bonchev–Trinajstić information content (AvgIpc) is 3.13. The molecule has 1 heterocycles. The zero-order chi connectivity index (χ0) is 21.2. The van der Waals surface area contributed by atoms with E-state index in [1.807, 2.05) is 0 Å². The number of benzene rings is 2. The number of rotatable bonds is 6. The summed E-state index contributed by atoms with van der Waals surface area (Å²) in [6.07, 6.45) is 0. The summed E-state index contributed by atoms with van der Waals surface area (Å²) < 4.78 is 31.7. The van der Waals surface area contributed by atoms with E-state index in [0.717, 1.165) is 0 Å². The Morgan fingerprint density at radius 2 is 1.86 bits per heavy atom. The van der Waals surface area contributed by atoms with E-state index in [9.17, 15) is 13.2 Å². The second-order valence-corrected chi connectivity index (χ2v) is 8.78. The smallest absolute Gasteiger partial charge is 0.255 e. The Bertz CT molecular complexity index is 1140. The molecule has 1 amide bonds. The maximum atomic E-state index is 12.8. The van der Waals surface area contributed by atoms with Gasteiger partial charge in [0, 0.05) is 31.1 Å². The van der Waals surface area contributed by atoms with Crippen molar-refractivity contribution < 1.29 is 17.7 Å². The van der Waals surface area contributed by atoms with Crippen LogP contribution in [-0.4, -0.2) is 41.9 Å². The lowest BCUT2D eigenvalue weighted by Crippen LogP contribution is -2.33. The summed E-state index contributed by atoms with van der Waals surface area (Å²) in [4.78, 5) is 17.1. The molecule has 0 unspecified atom stereocenters. The first-order valence-electron chi connectivity index (χ1n) is 8.99. The van der Waals surface area contributed by atoms with Crippen LogP contribution in [0.4, 0.5) is 5.69 Å². The number of nitrogens with zero attached hydrogens (tertiary/aromatic N) is 3. The summed E-state index contributed by atoms with van der Waals surface area (Å²) in [6, 6.07) is 12.8. The highest BCUT2D eigenvalue weighted by Gasteiger charge is 2.24. The van der Waals surface area contributed by atoms with E-state index in [-0.39, 0.29) is 16.5 Å². The molecule has 0 atom stereocenters. The van der Waals surface area contributed by atoms with E-state index < -0.39 is 15.9 Å². The largest absolute Gasteiger partial charge is 0.339 e. The Kier molecular flexibility index (Phi) is 5.81. The molecule has 8 nitrogen and oxygen atoms in total. The van der Waals surface area contributed by atoms with Crippen LogP contribution in [0.5, 0.6) is 0 Å². The summed E-state index contributed by atoms with van der Waals surface area (Å²) in [5.41, 5.74) is 1.31. The van der Waals surface area contributed by atoms with Crippen LogP contribution in [-0.2, 0) is 10.0 Å². The minimum absolute atomic E-state index is 0.0587. The number of para-hydroxylation sites is 1. The van der Waals surface area contributed by atoms with Crippen LogP contribution >= 0.6 is 0 Å². The molecule has 3 aromatic rings. The lowest BCUT2D eigenvalue weighted by Gasteiger charge is -2.21. The normalized spacial score (nSPS) is 11.8. The third kappa shape index (κ3) is 4.36. The van der Waals surface area contributed by atoms with Gasteiger partial charge in [0.15, 0.2) is 0 Å². The van der Waals surface area contributed by atoms with Gasteiger partial charge in [0.25, 0.3) is 5.91 Å². The molecule has 0 bridgehead atoms. The van der Waals surface area contributed by atoms with E-state index >= 15 is 0 Å². The second-order valence-electron chi connectivity index (χ2n) is 6.78. The average molecular weight is 414 g/mol. The van der Waals surface area contributed by atoms with Gasteiger partial charge in [-0.3, -0.25) is 4.79 Å². The number of carbonyl (C=O) groups excluding carboxylic acids is 1. The van der Waals surface area contributed by atoms with Gasteiger partial charge in [-0.1, -0.05) is 23.4 Å². The van der Waals surface area contributed by atoms with Gasteiger partial charge in [-0.2, -0.15) is 9.29 Å². The highest BCUT2D eigenvalue weighted by molar-refractivity contribution is 7.89. The van der Waals surface area contributed by atoms with Crippen molar-refractivity contribution in [3.8, 4) is 11.4 Å². The van der Waals surface area contributed by atoms with Crippen LogP contribution in [0.1, 0.15) is 30.1 Å². The summed E-state index contributed by atoms with van der Waals surface area (Å²) >= 11 is 0. The third-order valence-corrected chi connectivity index (χ3v) is 6.47. The Morgan fingerprint density at radius 3 is 2.52 bits per heavy atom. The molecule has 3 rings (SSSR count). The summed E-state index contributed by atoms with van der Waals surface area (Å²) in [5.74, 6) is 0.323. The molecule has 9 heteroatoms. The second kappa shape index (κ2) is 8.14. The molecule has 0 spiro atoms. The monoisotopic (exact) mass is 414 g/mol. The van der Waals surface area contributed by atoms with Gasteiger partial charge in [0.1, 0.15) is 0 Å². The number of nitrogens with one attached hydrogen (secondary N) is 1. The molecule has 0 aliphatic heterocycles. The highest BCUT2D eigenvalue weighted by atomic mass is 32.2. The van der Waals surface area contributed by atoms with Crippen molar-refractivity contribution in [3.63, 3.8) is 0 Å². The fraction of sp³-hybridized carbons (Fsp3) is 0.250. The first kappa shape index (κ1) is 20.7. The van der Waals surface area contributed by atoms with Gasteiger partial charge >= 0.3 is 0 Å². The molecule has 29 heavy (non-hydrogen) atoms. The van der Waals surface area contributed by atoms with Gasteiger partial charge in [0.05, 0.1) is 10.6 Å². The van der Waals surface area contributed by atoms with E-state index in [1.54, 1.807) is 57.2 Å². The van der Waals surface area contributed by atoms with Gasteiger partial charge < -0.3 is 9.84 Å². The molecule has 2 aromatic carbocycles. The molecule has 0 saturated heterocycles. The van der Waals surface area contributed by atoms with E-state index in [2.05, 4.69) is 15.5 Å². The Balaban J connectivity index is 1.90. The zero-order valence-electron chi connectivity index (χ0n) is 16.6. The Hall–Kier alpha value is -3.04. The number of hydrogen-bond donors (Lipinski definition) is 1. The number of aryl methyl sites for hydroxylation is 1. The van der Waals surface area contributed by atoms with Crippen molar-refractivity contribution >= 4 is 21.6 Å². The van der Waals surface area contributed by atoms with Gasteiger partial charge in [-0.15, -0.1) is 0 Å². The lowest BCUT2D eigenvalue weighted by molar-refractivity contribution is 0.102. The van der Waals surface area contributed by atoms with Crippen molar-refractivity contribution in [2.45, 2.75) is 31.7 Å². The Labute approximate surface area is 169 Å². The molecule has 1 N–H and O–H groups in total. The molecular formula is C20H22N4O4S. The van der Waals surface area contributed by atoms with Gasteiger partial charge in [-0.05, 0) is 44.2 Å². The van der Waals surface area contributed by atoms with Gasteiger partial charge in [0.2, 0.25) is 21.7 Å². The molecule has 1 aromatic heterocycles. The maximum absolute atomic E-state index is 12.8. The highest BCUT2D eigenvalue weighted by Crippen LogP contribution is 2.26. The van der Waals surface area contributed by atoms with Gasteiger partial charge in [-0.25, -0.2) is 8.42 Å². The van der Waals surface area contributed by atoms with Crippen LogP contribution in [0.3, 0.4) is 0 Å². The van der Waals surface area contributed by atoms with Crippen LogP contribution in [0, 0.1) is 6.92 Å².